The number of hydrogen-bond donors (Lipinski definition) is 1. The molecule has 1 unspecified atom stereocenters. The number of rotatable bonds is 10. The molecule has 5 nitrogen and oxygen atoms in total. The molecule has 3 rings (SSSR count). The summed E-state index contributed by atoms with van der Waals surface area (Å²) in [6.45, 7) is 11.8. The van der Waals surface area contributed by atoms with Crippen LogP contribution in [0.4, 0.5) is 0 Å². The predicted molar refractivity (Wildman–Crippen MR) is 134 cm³/mol. The van der Waals surface area contributed by atoms with Crippen molar-refractivity contribution in [2.45, 2.75) is 33.1 Å². The maximum Gasteiger partial charge on any atom is 0.193 e. The van der Waals surface area contributed by atoms with Crippen LogP contribution >= 0.6 is 35.3 Å². The molecule has 2 aromatic heterocycles. The van der Waals surface area contributed by atoms with E-state index in [2.05, 4.69) is 46.5 Å². The minimum atomic E-state index is 0. The molecule has 0 spiro atoms. The highest BCUT2D eigenvalue weighted by molar-refractivity contribution is 14.0. The van der Waals surface area contributed by atoms with Crippen molar-refractivity contribution in [1.29, 1.82) is 0 Å². The van der Waals surface area contributed by atoms with Gasteiger partial charge in [0.15, 0.2) is 5.96 Å². The minimum Gasteiger partial charge on any atom is -0.469 e. The fourth-order valence-electron chi connectivity index (χ4n) is 3.77. The molecule has 1 atom stereocenters. The number of furan rings is 1. The Morgan fingerprint density at radius 2 is 2.14 bits per heavy atom. The van der Waals surface area contributed by atoms with Crippen LogP contribution in [0.25, 0.3) is 0 Å². The highest BCUT2D eigenvalue weighted by atomic mass is 127. The average Bonchev–Trinajstić information content (AvgIpc) is 3.47. The highest BCUT2D eigenvalue weighted by Crippen LogP contribution is 2.18. The van der Waals surface area contributed by atoms with Crippen LogP contribution < -0.4 is 5.32 Å². The first kappa shape index (κ1) is 24.2. The molecular formula is C22H35IN4OS. The first-order valence-electron chi connectivity index (χ1n) is 10.6. The third-order valence-corrected chi connectivity index (χ3v) is 6.37. The number of halogens is 1. The zero-order valence-corrected chi connectivity index (χ0v) is 20.8. The van der Waals surface area contributed by atoms with Gasteiger partial charge in [-0.1, -0.05) is 19.9 Å². The van der Waals surface area contributed by atoms with E-state index in [1.165, 1.54) is 17.8 Å². The normalized spacial score (nSPS) is 17.0. The average molecular weight is 531 g/mol. The summed E-state index contributed by atoms with van der Waals surface area (Å²) in [7, 11) is 0. The fraction of sp³-hybridized carbons (Fsp3) is 0.591. The number of aliphatic imine (C=N–C) groups is 1. The second-order valence-electron chi connectivity index (χ2n) is 7.38. The maximum absolute atomic E-state index is 5.46. The molecule has 1 fully saturated rings. The van der Waals surface area contributed by atoms with Gasteiger partial charge in [0.05, 0.1) is 6.26 Å². The van der Waals surface area contributed by atoms with Gasteiger partial charge in [0, 0.05) is 50.4 Å². The molecular weight excluding hydrogens is 495 g/mol. The summed E-state index contributed by atoms with van der Waals surface area (Å²) >= 11 is 1.81. The monoisotopic (exact) mass is 530 g/mol. The van der Waals surface area contributed by atoms with E-state index in [0.717, 1.165) is 69.7 Å². The summed E-state index contributed by atoms with van der Waals surface area (Å²) < 4.78 is 5.46. The number of guanidine groups is 1. The molecule has 0 bridgehead atoms. The van der Waals surface area contributed by atoms with Gasteiger partial charge in [-0.05, 0) is 49.0 Å². The molecule has 0 saturated carbocycles. The van der Waals surface area contributed by atoms with E-state index in [9.17, 15) is 0 Å². The molecule has 1 aliphatic heterocycles. The molecule has 0 radical (unpaired) electrons. The molecule has 2 aromatic rings. The van der Waals surface area contributed by atoms with Gasteiger partial charge >= 0.3 is 0 Å². The first-order chi connectivity index (χ1) is 13.8. The number of nitrogens with zero attached hydrogens (tertiary/aromatic N) is 3. The zero-order valence-electron chi connectivity index (χ0n) is 17.7. The van der Waals surface area contributed by atoms with Crippen molar-refractivity contribution >= 4 is 41.3 Å². The van der Waals surface area contributed by atoms with E-state index in [4.69, 9.17) is 9.41 Å². The van der Waals surface area contributed by atoms with Crippen molar-refractivity contribution in [2.24, 2.45) is 10.9 Å². The summed E-state index contributed by atoms with van der Waals surface area (Å²) in [4.78, 5) is 11.3. The summed E-state index contributed by atoms with van der Waals surface area (Å²) in [6.07, 6.45) is 4.88. The van der Waals surface area contributed by atoms with Crippen LogP contribution in [-0.4, -0.2) is 61.6 Å². The van der Waals surface area contributed by atoms with Crippen molar-refractivity contribution in [2.75, 3.05) is 45.8 Å². The topological polar surface area (TPSA) is 44.0 Å². The Morgan fingerprint density at radius 1 is 1.28 bits per heavy atom. The molecule has 3 heterocycles. The second kappa shape index (κ2) is 13.3. The van der Waals surface area contributed by atoms with Gasteiger partial charge in [-0.3, -0.25) is 4.99 Å². The lowest BCUT2D eigenvalue weighted by Crippen LogP contribution is -2.42. The maximum atomic E-state index is 5.46. The van der Waals surface area contributed by atoms with E-state index < -0.39 is 0 Å². The van der Waals surface area contributed by atoms with Crippen LogP contribution in [0.3, 0.4) is 0 Å². The fourth-order valence-corrected chi connectivity index (χ4v) is 4.47. The van der Waals surface area contributed by atoms with E-state index in [1.807, 2.05) is 23.5 Å². The number of nitrogens with one attached hydrogen (secondary N) is 1. The molecule has 0 aliphatic carbocycles. The SMILES string of the molecule is CCN(CC)CC1CCN(C(=NCCc2cccs2)NCCc2ccco2)C1.I. The summed E-state index contributed by atoms with van der Waals surface area (Å²) in [6, 6.07) is 8.29. The molecule has 162 valence electrons. The Hall–Kier alpha value is -1.06. The zero-order chi connectivity index (χ0) is 19.6. The van der Waals surface area contributed by atoms with E-state index in [0.29, 0.717) is 0 Å². The largest absolute Gasteiger partial charge is 0.469 e. The van der Waals surface area contributed by atoms with Crippen LogP contribution in [0.15, 0.2) is 45.3 Å². The number of hydrogen-bond acceptors (Lipinski definition) is 4. The molecule has 1 saturated heterocycles. The van der Waals surface area contributed by atoms with Crippen LogP contribution in [0, 0.1) is 5.92 Å². The van der Waals surface area contributed by atoms with Crippen molar-refractivity contribution in [3.63, 3.8) is 0 Å². The van der Waals surface area contributed by atoms with E-state index in [-0.39, 0.29) is 24.0 Å². The summed E-state index contributed by atoms with van der Waals surface area (Å²) in [5.41, 5.74) is 0. The van der Waals surface area contributed by atoms with E-state index in [1.54, 1.807) is 6.26 Å². The second-order valence-corrected chi connectivity index (χ2v) is 8.41. The third kappa shape index (κ3) is 7.94. The smallest absolute Gasteiger partial charge is 0.193 e. The van der Waals surface area contributed by atoms with E-state index >= 15 is 0 Å². The van der Waals surface area contributed by atoms with Gasteiger partial charge in [0.1, 0.15) is 5.76 Å². The standard InChI is InChI=1S/C22H34N4OS.HI/c1-3-25(4-2)17-19-11-14-26(18-19)22(23-12-9-20-7-5-15-27-20)24-13-10-21-8-6-16-28-21;/h5-8,15-16,19H,3-4,9-14,17-18H2,1-2H3,(H,23,24);1H. The Bertz CT molecular complexity index is 686. The minimum absolute atomic E-state index is 0. The Kier molecular flexibility index (Phi) is 11.1. The molecule has 7 heteroatoms. The molecule has 1 N–H and O–H groups in total. The third-order valence-electron chi connectivity index (χ3n) is 5.43. The van der Waals surface area contributed by atoms with Gasteiger partial charge < -0.3 is 19.5 Å². The predicted octanol–water partition coefficient (Wildman–Crippen LogP) is 4.35. The summed E-state index contributed by atoms with van der Waals surface area (Å²) in [5.74, 6) is 2.81. The number of thiophene rings is 1. The highest BCUT2D eigenvalue weighted by Gasteiger charge is 2.26. The van der Waals surface area contributed by atoms with Crippen LogP contribution in [0.2, 0.25) is 0 Å². The van der Waals surface area contributed by atoms with Crippen LogP contribution in [-0.2, 0) is 12.8 Å². The van der Waals surface area contributed by atoms with Crippen molar-refractivity contribution in [1.82, 2.24) is 15.1 Å². The van der Waals surface area contributed by atoms with Gasteiger partial charge in [-0.25, -0.2) is 0 Å². The lowest BCUT2D eigenvalue weighted by atomic mass is 10.1. The van der Waals surface area contributed by atoms with Crippen molar-refractivity contribution in [3.8, 4) is 0 Å². The van der Waals surface area contributed by atoms with Crippen molar-refractivity contribution in [3.05, 3.63) is 46.5 Å². The lowest BCUT2D eigenvalue weighted by molar-refractivity contribution is 0.255. The Labute approximate surface area is 196 Å². The molecule has 29 heavy (non-hydrogen) atoms. The molecule has 0 amide bonds. The Balaban J connectivity index is 0.00000300. The summed E-state index contributed by atoms with van der Waals surface area (Å²) in [5, 5.41) is 5.73. The van der Waals surface area contributed by atoms with Gasteiger partial charge in [-0.15, -0.1) is 35.3 Å². The Morgan fingerprint density at radius 3 is 2.83 bits per heavy atom. The molecule has 1 aliphatic rings. The van der Waals surface area contributed by atoms with Crippen LogP contribution in [0.1, 0.15) is 30.9 Å². The number of likely N-dealkylation sites (tertiary alicyclic amines) is 1. The molecule has 0 aromatic carbocycles. The van der Waals surface area contributed by atoms with Gasteiger partial charge in [0.25, 0.3) is 0 Å². The van der Waals surface area contributed by atoms with Crippen LogP contribution in [0.5, 0.6) is 0 Å². The first-order valence-corrected chi connectivity index (χ1v) is 11.5. The lowest BCUT2D eigenvalue weighted by Gasteiger charge is -2.24. The van der Waals surface area contributed by atoms with Gasteiger partial charge in [0.2, 0.25) is 0 Å². The quantitative estimate of drug-likeness (QED) is 0.282. The van der Waals surface area contributed by atoms with Crippen molar-refractivity contribution < 1.29 is 4.42 Å². The van der Waals surface area contributed by atoms with Gasteiger partial charge in [-0.2, -0.15) is 0 Å².